The standard InChI is InChI=1S/C21H22N4O3/c1-15(26)25-14-17-8-3-2-7-16(17)13-18(25)21-22-19(23-28-21)9-6-12-24-11-5-4-10-20(24)27/h2-5,7-8,10-11,18H,6,9,12-14H2,1H3. The Labute approximate surface area is 162 Å². The number of carbonyl (C=O) groups excluding carboxylic acids is 1. The van der Waals surface area contributed by atoms with E-state index in [9.17, 15) is 9.59 Å². The molecule has 7 nitrogen and oxygen atoms in total. The van der Waals surface area contributed by atoms with Crippen molar-refractivity contribution >= 4 is 5.91 Å². The van der Waals surface area contributed by atoms with Gasteiger partial charge in [0.05, 0.1) is 0 Å². The number of pyridine rings is 1. The molecule has 0 saturated carbocycles. The smallest absolute Gasteiger partial charge is 0.250 e. The lowest BCUT2D eigenvalue weighted by Gasteiger charge is -2.34. The zero-order valence-corrected chi connectivity index (χ0v) is 15.7. The molecule has 144 valence electrons. The molecular formula is C21H22N4O3. The molecule has 1 aliphatic heterocycles. The van der Waals surface area contributed by atoms with E-state index in [4.69, 9.17) is 4.52 Å². The van der Waals surface area contributed by atoms with Gasteiger partial charge in [0.2, 0.25) is 17.4 Å². The van der Waals surface area contributed by atoms with Crippen molar-refractivity contribution in [3.63, 3.8) is 0 Å². The average molecular weight is 378 g/mol. The summed E-state index contributed by atoms with van der Waals surface area (Å²) < 4.78 is 7.17. The molecule has 0 bridgehead atoms. The largest absolute Gasteiger partial charge is 0.337 e. The second-order valence-electron chi connectivity index (χ2n) is 7.02. The minimum absolute atomic E-state index is 0.0114. The van der Waals surface area contributed by atoms with Crippen LogP contribution in [0.25, 0.3) is 0 Å². The Bertz CT molecular complexity index is 1040. The first-order valence-electron chi connectivity index (χ1n) is 9.44. The molecule has 0 spiro atoms. The molecule has 0 saturated heterocycles. The Morgan fingerprint density at radius 3 is 2.75 bits per heavy atom. The maximum Gasteiger partial charge on any atom is 0.250 e. The summed E-state index contributed by atoms with van der Waals surface area (Å²) in [5.74, 6) is 1.06. The molecule has 7 heteroatoms. The molecule has 1 atom stereocenters. The van der Waals surface area contributed by atoms with Gasteiger partial charge in [-0.1, -0.05) is 35.5 Å². The predicted octanol–water partition coefficient (Wildman–Crippen LogP) is 2.51. The second-order valence-corrected chi connectivity index (χ2v) is 7.02. The number of hydrogen-bond acceptors (Lipinski definition) is 5. The Morgan fingerprint density at radius 2 is 1.96 bits per heavy atom. The lowest BCUT2D eigenvalue weighted by atomic mass is 9.94. The monoisotopic (exact) mass is 378 g/mol. The summed E-state index contributed by atoms with van der Waals surface area (Å²) >= 11 is 0. The van der Waals surface area contributed by atoms with Crippen LogP contribution in [-0.2, 0) is 30.7 Å². The zero-order valence-electron chi connectivity index (χ0n) is 15.7. The van der Waals surface area contributed by atoms with Crippen LogP contribution < -0.4 is 5.56 Å². The van der Waals surface area contributed by atoms with Crippen molar-refractivity contribution in [3.8, 4) is 0 Å². The third kappa shape index (κ3) is 3.74. The topological polar surface area (TPSA) is 81.2 Å². The Kier molecular flexibility index (Phi) is 5.06. The highest BCUT2D eigenvalue weighted by Crippen LogP contribution is 2.32. The molecule has 4 rings (SSSR count). The maximum atomic E-state index is 12.2. The van der Waals surface area contributed by atoms with Gasteiger partial charge in [-0.15, -0.1) is 0 Å². The van der Waals surface area contributed by atoms with Gasteiger partial charge in [-0.3, -0.25) is 9.59 Å². The van der Waals surface area contributed by atoms with Crippen LogP contribution in [0.1, 0.15) is 42.2 Å². The van der Waals surface area contributed by atoms with E-state index in [1.54, 1.807) is 34.7 Å². The molecule has 2 aromatic heterocycles. The quantitative estimate of drug-likeness (QED) is 0.681. The van der Waals surface area contributed by atoms with Crippen molar-refractivity contribution in [2.24, 2.45) is 0 Å². The molecule has 0 N–H and O–H groups in total. The molecule has 3 aromatic rings. The van der Waals surface area contributed by atoms with Gasteiger partial charge in [0.25, 0.3) is 0 Å². The molecule has 3 heterocycles. The predicted molar refractivity (Wildman–Crippen MR) is 102 cm³/mol. The number of carbonyl (C=O) groups is 1. The lowest BCUT2D eigenvalue weighted by Crippen LogP contribution is -2.37. The first-order valence-corrected chi connectivity index (χ1v) is 9.44. The van der Waals surface area contributed by atoms with Crippen molar-refractivity contribution in [3.05, 3.63) is 81.9 Å². The summed E-state index contributed by atoms with van der Waals surface area (Å²) in [6.07, 6.45) is 3.77. The summed E-state index contributed by atoms with van der Waals surface area (Å²) in [5, 5.41) is 4.08. The van der Waals surface area contributed by atoms with Gasteiger partial charge in [-0.2, -0.15) is 4.98 Å². The van der Waals surface area contributed by atoms with Crippen LogP contribution in [0.15, 0.2) is 58.0 Å². The number of hydrogen-bond donors (Lipinski definition) is 0. The van der Waals surface area contributed by atoms with Crippen LogP contribution in [0.2, 0.25) is 0 Å². The zero-order chi connectivity index (χ0) is 19.5. The molecule has 0 fully saturated rings. The molecule has 1 unspecified atom stereocenters. The molecule has 1 amide bonds. The molecule has 28 heavy (non-hydrogen) atoms. The van der Waals surface area contributed by atoms with Gasteiger partial charge in [0.15, 0.2) is 5.82 Å². The van der Waals surface area contributed by atoms with Gasteiger partial charge in [-0.25, -0.2) is 0 Å². The number of fused-ring (bicyclic) bond motifs is 1. The normalized spacial score (nSPS) is 16.0. The highest BCUT2D eigenvalue weighted by molar-refractivity contribution is 5.74. The van der Waals surface area contributed by atoms with Gasteiger partial charge < -0.3 is 14.0 Å². The number of nitrogens with zero attached hydrogens (tertiary/aromatic N) is 4. The van der Waals surface area contributed by atoms with Crippen LogP contribution in [0, 0.1) is 0 Å². The lowest BCUT2D eigenvalue weighted by molar-refractivity contribution is -0.133. The second kappa shape index (κ2) is 7.80. The summed E-state index contributed by atoms with van der Waals surface area (Å²) in [6.45, 7) is 2.71. The number of amides is 1. The average Bonchev–Trinajstić information content (AvgIpc) is 3.17. The molecule has 1 aromatic carbocycles. The van der Waals surface area contributed by atoms with E-state index in [1.165, 1.54) is 5.56 Å². The van der Waals surface area contributed by atoms with Gasteiger partial charge >= 0.3 is 0 Å². The van der Waals surface area contributed by atoms with E-state index in [1.807, 2.05) is 24.3 Å². The maximum absolute atomic E-state index is 12.2. The van der Waals surface area contributed by atoms with E-state index in [0.717, 1.165) is 12.0 Å². The number of benzene rings is 1. The van der Waals surface area contributed by atoms with E-state index in [2.05, 4.69) is 16.2 Å². The van der Waals surface area contributed by atoms with Crippen LogP contribution in [0.5, 0.6) is 0 Å². The minimum Gasteiger partial charge on any atom is -0.337 e. The van der Waals surface area contributed by atoms with E-state index in [-0.39, 0.29) is 17.5 Å². The summed E-state index contributed by atoms with van der Waals surface area (Å²) in [5.41, 5.74) is 2.34. The summed E-state index contributed by atoms with van der Waals surface area (Å²) in [6, 6.07) is 13.0. The van der Waals surface area contributed by atoms with Crippen LogP contribution in [-0.4, -0.2) is 25.5 Å². The Hall–Kier alpha value is -3.22. The van der Waals surface area contributed by atoms with Gasteiger partial charge in [0.1, 0.15) is 6.04 Å². The third-order valence-electron chi connectivity index (χ3n) is 5.12. The van der Waals surface area contributed by atoms with E-state index < -0.39 is 0 Å². The van der Waals surface area contributed by atoms with Crippen molar-refractivity contribution in [1.29, 1.82) is 0 Å². The fourth-order valence-electron chi connectivity index (χ4n) is 3.63. The number of aryl methyl sites for hydroxylation is 2. The van der Waals surface area contributed by atoms with Crippen LogP contribution in [0.4, 0.5) is 0 Å². The van der Waals surface area contributed by atoms with Crippen molar-refractivity contribution in [2.75, 3.05) is 0 Å². The summed E-state index contributed by atoms with van der Waals surface area (Å²) in [7, 11) is 0. The summed E-state index contributed by atoms with van der Waals surface area (Å²) in [4.78, 5) is 30.2. The molecule has 0 radical (unpaired) electrons. The first-order chi connectivity index (χ1) is 13.6. The van der Waals surface area contributed by atoms with E-state index >= 15 is 0 Å². The van der Waals surface area contributed by atoms with Gasteiger partial charge in [-0.05, 0) is 23.6 Å². The Morgan fingerprint density at radius 1 is 1.18 bits per heavy atom. The number of rotatable bonds is 5. The SMILES string of the molecule is CC(=O)N1Cc2ccccc2CC1c1nc(CCCn2ccccc2=O)no1. The minimum atomic E-state index is -0.245. The van der Waals surface area contributed by atoms with Crippen LogP contribution >= 0.6 is 0 Å². The van der Waals surface area contributed by atoms with Crippen molar-refractivity contribution < 1.29 is 9.32 Å². The third-order valence-corrected chi connectivity index (χ3v) is 5.12. The Balaban J connectivity index is 1.46. The van der Waals surface area contributed by atoms with Crippen LogP contribution in [0.3, 0.4) is 0 Å². The fraction of sp³-hybridized carbons (Fsp3) is 0.333. The fourth-order valence-corrected chi connectivity index (χ4v) is 3.63. The molecular weight excluding hydrogens is 356 g/mol. The highest BCUT2D eigenvalue weighted by atomic mass is 16.5. The van der Waals surface area contributed by atoms with Crippen molar-refractivity contribution in [1.82, 2.24) is 19.6 Å². The molecule has 0 aliphatic carbocycles. The van der Waals surface area contributed by atoms with Crippen molar-refractivity contribution in [2.45, 2.75) is 45.3 Å². The molecule has 1 aliphatic rings. The van der Waals surface area contributed by atoms with E-state index in [0.29, 0.717) is 37.6 Å². The number of aromatic nitrogens is 3. The highest BCUT2D eigenvalue weighted by Gasteiger charge is 2.32. The van der Waals surface area contributed by atoms with Gasteiger partial charge in [0, 0.05) is 45.1 Å². The first kappa shape index (κ1) is 18.2.